The Morgan fingerprint density at radius 2 is 1.67 bits per heavy atom. The van der Waals surface area contributed by atoms with E-state index in [2.05, 4.69) is 32.7 Å². The van der Waals surface area contributed by atoms with Gasteiger partial charge in [0, 0.05) is 5.56 Å². The summed E-state index contributed by atoms with van der Waals surface area (Å²) < 4.78 is 5.11. The number of ether oxygens (including phenoxy) is 1. The number of rotatable bonds is 5. The van der Waals surface area contributed by atoms with Crippen molar-refractivity contribution in [2.75, 3.05) is 6.61 Å². The average molecular weight is 464 g/mol. The lowest BCUT2D eigenvalue weighted by atomic mass is 9.87. The minimum Gasteiger partial charge on any atom is -0.506 e. The molecule has 0 fully saturated rings. The van der Waals surface area contributed by atoms with E-state index in [4.69, 9.17) is 4.74 Å². The zero-order chi connectivity index (χ0) is 24.2. The highest BCUT2D eigenvalue weighted by atomic mass is 32.2. The van der Waals surface area contributed by atoms with Gasteiger partial charge in [0.25, 0.3) is 5.91 Å². The molecule has 0 atom stereocenters. The molecular weight excluding hydrogens is 434 g/mol. The van der Waals surface area contributed by atoms with Crippen molar-refractivity contribution >= 4 is 34.8 Å². The highest BCUT2D eigenvalue weighted by molar-refractivity contribution is 8.18. The van der Waals surface area contributed by atoms with Gasteiger partial charge in [0.2, 0.25) is 0 Å². The summed E-state index contributed by atoms with van der Waals surface area (Å²) >= 11 is 1.08. The number of aliphatic hydroxyl groups excluding tert-OH is 1. The summed E-state index contributed by atoms with van der Waals surface area (Å²) in [5.41, 5.74) is 3.47. The molecule has 3 rings (SSSR count). The van der Waals surface area contributed by atoms with Crippen LogP contribution in [0.4, 0.5) is 0 Å². The van der Waals surface area contributed by atoms with Gasteiger partial charge in [-0.1, -0.05) is 75.9 Å². The van der Waals surface area contributed by atoms with E-state index in [1.165, 1.54) is 5.56 Å². The van der Waals surface area contributed by atoms with Crippen molar-refractivity contribution in [3.05, 3.63) is 87.0 Å². The number of aryl methyl sites for hydroxylation is 1. The highest BCUT2D eigenvalue weighted by Crippen LogP contribution is 2.39. The molecule has 0 saturated carbocycles. The zero-order valence-electron chi connectivity index (χ0n) is 19.6. The number of aliphatic imine (C=N–C) groups is 1. The minimum absolute atomic E-state index is 0.0323. The van der Waals surface area contributed by atoms with E-state index in [0.717, 1.165) is 29.3 Å². The van der Waals surface area contributed by atoms with Gasteiger partial charge in [-0.05, 0) is 53.7 Å². The number of esters is 1. The molecule has 0 bridgehead atoms. The van der Waals surface area contributed by atoms with Gasteiger partial charge in [0.05, 0.1) is 11.5 Å². The fourth-order valence-electron chi connectivity index (χ4n) is 3.26. The summed E-state index contributed by atoms with van der Waals surface area (Å²) in [4.78, 5) is 30.0. The first-order chi connectivity index (χ1) is 15.6. The van der Waals surface area contributed by atoms with E-state index >= 15 is 0 Å². The molecule has 0 aliphatic carbocycles. The van der Waals surface area contributed by atoms with E-state index in [1.54, 1.807) is 25.1 Å². The van der Waals surface area contributed by atoms with Crippen molar-refractivity contribution < 1.29 is 19.4 Å². The second-order valence-corrected chi connectivity index (χ2v) is 9.73. The molecule has 1 aliphatic rings. The lowest BCUT2D eigenvalue weighted by molar-refractivity contribution is -0.138. The van der Waals surface area contributed by atoms with Gasteiger partial charge in [-0.3, -0.25) is 4.79 Å². The van der Waals surface area contributed by atoms with Crippen LogP contribution in [0.1, 0.15) is 61.7 Å². The Bertz CT molecular complexity index is 1130. The largest absolute Gasteiger partial charge is 0.506 e. The summed E-state index contributed by atoms with van der Waals surface area (Å²) in [7, 11) is 0. The van der Waals surface area contributed by atoms with Gasteiger partial charge in [0.1, 0.15) is 16.4 Å². The van der Waals surface area contributed by atoms with E-state index in [0.29, 0.717) is 10.5 Å². The molecule has 0 spiro atoms. The number of thioether (sulfide) groups is 1. The smallest absolute Gasteiger partial charge is 0.344 e. The lowest BCUT2D eigenvalue weighted by Crippen LogP contribution is -2.14. The molecular formula is C27H29NO4S. The number of carbonyl (C=O) groups excluding carboxylic acids is 2. The lowest BCUT2D eigenvalue weighted by Gasteiger charge is -2.18. The predicted molar refractivity (Wildman–Crippen MR) is 135 cm³/mol. The minimum atomic E-state index is -0.707. The first-order valence-electron chi connectivity index (χ1n) is 11.0. The number of hydrogen-bond acceptors (Lipinski definition) is 5. The van der Waals surface area contributed by atoms with Crippen LogP contribution in [0.2, 0.25) is 0 Å². The van der Waals surface area contributed by atoms with E-state index in [9.17, 15) is 14.7 Å². The molecule has 1 amide bonds. The van der Waals surface area contributed by atoms with Gasteiger partial charge >= 0.3 is 5.97 Å². The summed E-state index contributed by atoms with van der Waals surface area (Å²) in [6.07, 6.45) is 2.70. The molecule has 2 aromatic carbocycles. The number of aliphatic hydroxyl groups is 1. The van der Waals surface area contributed by atoms with Crippen molar-refractivity contribution in [3.63, 3.8) is 0 Å². The normalized spacial score (nSPS) is 16.5. The van der Waals surface area contributed by atoms with Crippen molar-refractivity contribution in [2.45, 2.75) is 46.5 Å². The van der Waals surface area contributed by atoms with Crippen LogP contribution in [0.5, 0.6) is 0 Å². The third-order valence-electron chi connectivity index (χ3n) is 5.26. The average Bonchev–Trinajstić information content (AvgIpc) is 3.08. The van der Waals surface area contributed by atoms with Gasteiger partial charge in [-0.15, -0.1) is 0 Å². The number of benzene rings is 2. The monoisotopic (exact) mass is 463 g/mol. The molecule has 6 heteroatoms. The Morgan fingerprint density at radius 1 is 1.03 bits per heavy atom. The molecule has 1 N–H and O–H groups in total. The maximum absolute atomic E-state index is 12.9. The molecule has 5 nitrogen and oxygen atoms in total. The SMILES string of the molecule is CCOC(=O)C1=C(O)/C(=C/c2ccc(CC)cc2)SC1=NC(=O)c1ccc(C(C)(C)C)cc1. The summed E-state index contributed by atoms with van der Waals surface area (Å²) in [5.74, 6) is -1.42. The van der Waals surface area contributed by atoms with Crippen molar-refractivity contribution in [1.29, 1.82) is 0 Å². The molecule has 0 unspecified atom stereocenters. The van der Waals surface area contributed by atoms with Gasteiger partial charge in [0.15, 0.2) is 0 Å². The quantitative estimate of drug-likeness (QED) is 0.531. The maximum atomic E-state index is 12.9. The van der Waals surface area contributed by atoms with Crippen LogP contribution in [0.25, 0.3) is 6.08 Å². The van der Waals surface area contributed by atoms with Crippen LogP contribution >= 0.6 is 11.8 Å². The molecule has 1 aliphatic heterocycles. The molecule has 0 saturated heterocycles. The Morgan fingerprint density at radius 3 is 2.21 bits per heavy atom. The van der Waals surface area contributed by atoms with Crippen molar-refractivity contribution in [2.24, 2.45) is 4.99 Å². The third kappa shape index (κ3) is 5.82. The molecule has 33 heavy (non-hydrogen) atoms. The first-order valence-corrected chi connectivity index (χ1v) is 11.8. The van der Waals surface area contributed by atoms with Gasteiger partial charge < -0.3 is 9.84 Å². The summed E-state index contributed by atoms with van der Waals surface area (Å²) in [5, 5.41) is 10.9. The topological polar surface area (TPSA) is 76.0 Å². The Kier molecular flexibility index (Phi) is 7.59. The zero-order valence-corrected chi connectivity index (χ0v) is 20.5. The van der Waals surface area contributed by atoms with Gasteiger partial charge in [-0.25, -0.2) is 9.79 Å². The standard InChI is InChI=1S/C27H29NO4S/c1-6-17-8-10-18(11-9-17)16-21-23(29)22(26(31)32-7-2)25(33-21)28-24(30)19-12-14-20(15-13-19)27(3,4)5/h8-16,29H,6-7H2,1-5H3/b21-16-,28-25?. The number of carbonyl (C=O) groups is 2. The van der Waals surface area contributed by atoms with Crippen molar-refractivity contribution in [1.82, 2.24) is 0 Å². The second-order valence-electron chi connectivity index (χ2n) is 8.70. The van der Waals surface area contributed by atoms with E-state index in [1.807, 2.05) is 36.4 Å². The fraction of sp³-hybridized carbons (Fsp3) is 0.296. The third-order valence-corrected chi connectivity index (χ3v) is 6.28. The number of nitrogens with zero attached hydrogens (tertiary/aromatic N) is 1. The molecule has 0 aromatic heterocycles. The second kappa shape index (κ2) is 10.2. The van der Waals surface area contributed by atoms with E-state index < -0.39 is 11.9 Å². The highest BCUT2D eigenvalue weighted by Gasteiger charge is 2.34. The Balaban J connectivity index is 1.95. The maximum Gasteiger partial charge on any atom is 0.344 e. The van der Waals surface area contributed by atoms with Crippen molar-refractivity contribution in [3.8, 4) is 0 Å². The van der Waals surface area contributed by atoms with Crippen LogP contribution < -0.4 is 0 Å². The van der Waals surface area contributed by atoms with Crippen LogP contribution in [-0.2, 0) is 21.4 Å². The van der Waals surface area contributed by atoms with E-state index in [-0.39, 0.29) is 28.4 Å². The number of amides is 1. The van der Waals surface area contributed by atoms with Crippen LogP contribution in [-0.4, -0.2) is 28.6 Å². The van der Waals surface area contributed by atoms with Crippen LogP contribution in [0.15, 0.2) is 69.8 Å². The molecule has 0 radical (unpaired) electrons. The van der Waals surface area contributed by atoms with Crippen LogP contribution in [0.3, 0.4) is 0 Å². The summed E-state index contributed by atoms with van der Waals surface area (Å²) in [6.45, 7) is 10.2. The Labute approximate surface area is 199 Å². The summed E-state index contributed by atoms with van der Waals surface area (Å²) in [6, 6.07) is 15.2. The fourth-order valence-corrected chi connectivity index (χ4v) is 4.27. The van der Waals surface area contributed by atoms with Crippen LogP contribution in [0, 0.1) is 0 Å². The molecule has 2 aromatic rings. The molecule has 1 heterocycles. The van der Waals surface area contributed by atoms with Gasteiger partial charge in [-0.2, -0.15) is 0 Å². The molecule has 172 valence electrons. The first kappa shape index (κ1) is 24.5. The predicted octanol–water partition coefficient (Wildman–Crippen LogP) is 6.25. The number of hydrogen-bond donors (Lipinski definition) is 1. The Hall–Kier alpha value is -3.12.